The second kappa shape index (κ2) is 9.60. The number of rotatable bonds is 5. The van der Waals surface area contributed by atoms with Crippen LogP contribution in [0, 0.1) is 0 Å². The lowest BCUT2D eigenvalue weighted by atomic mass is 10.1. The van der Waals surface area contributed by atoms with Crippen LogP contribution in [-0.4, -0.2) is 27.2 Å². The van der Waals surface area contributed by atoms with E-state index < -0.39 is 5.91 Å². The van der Waals surface area contributed by atoms with E-state index in [1.54, 1.807) is 0 Å². The number of phenolic OH excluding ortho intramolecular Hbond substituents is 1. The Balaban J connectivity index is 1.66. The zero-order valence-corrected chi connectivity index (χ0v) is 18.0. The number of aromatic nitrogens is 2. The van der Waals surface area contributed by atoms with Gasteiger partial charge in [-0.3, -0.25) is 4.79 Å². The molecule has 4 rings (SSSR count). The Morgan fingerprint density at radius 2 is 1.44 bits per heavy atom. The van der Waals surface area contributed by atoms with Gasteiger partial charge in [-0.2, -0.15) is 5.10 Å². The second-order valence-electron chi connectivity index (χ2n) is 6.72. The van der Waals surface area contributed by atoms with Crippen LogP contribution in [0.3, 0.4) is 0 Å². The zero-order chi connectivity index (χ0) is 22.5. The number of hydrazone groups is 1. The van der Waals surface area contributed by atoms with Crippen molar-refractivity contribution < 1.29 is 9.90 Å². The molecule has 158 valence electrons. The van der Waals surface area contributed by atoms with Crippen molar-refractivity contribution in [3.8, 4) is 28.3 Å². The average molecular weight is 463 g/mol. The van der Waals surface area contributed by atoms with Crippen molar-refractivity contribution in [2.75, 3.05) is 0 Å². The van der Waals surface area contributed by atoms with Gasteiger partial charge in [0.25, 0.3) is 0 Å². The molecule has 0 bridgehead atoms. The van der Waals surface area contributed by atoms with Gasteiger partial charge in [0.1, 0.15) is 5.75 Å². The lowest BCUT2D eigenvalue weighted by Gasteiger charge is -2.08. The number of hydrogen-bond acceptors (Lipinski definition) is 5. The molecule has 0 radical (unpaired) electrons. The molecule has 0 spiro atoms. The Morgan fingerprint density at radius 1 is 0.875 bits per heavy atom. The Labute approximate surface area is 194 Å². The highest BCUT2D eigenvalue weighted by molar-refractivity contribution is 6.36. The van der Waals surface area contributed by atoms with Crippen molar-refractivity contribution in [2.45, 2.75) is 0 Å². The summed E-state index contributed by atoms with van der Waals surface area (Å²) in [7, 11) is 0. The third kappa shape index (κ3) is 4.94. The van der Waals surface area contributed by atoms with E-state index in [1.807, 2.05) is 66.7 Å². The van der Waals surface area contributed by atoms with E-state index in [9.17, 15) is 9.90 Å². The van der Waals surface area contributed by atoms with Crippen LogP contribution in [0.4, 0.5) is 0 Å². The Kier molecular flexibility index (Phi) is 6.44. The highest BCUT2D eigenvalue weighted by Gasteiger charge is 2.14. The molecule has 0 aliphatic heterocycles. The topological polar surface area (TPSA) is 87.5 Å². The first kappa shape index (κ1) is 21.5. The summed E-state index contributed by atoms with van der Waals surface area (Å²) in [5.74, 6) is -0.845. The molecule has 0 aliphatic rings. The molecule has 0 atom stereocenters. The molecule has 0 aliphatic carbocycles. The summed E-state index contributed by atoms with van der Waals surface area (Å²) in [4.78, 5) is 21.6. The van der Waals surface area contributed by atoms with Crippen molar-refractivity contribution in [2.24, 2.45) is 5.10 Å². The van der Waals surface area contributed by atoms with Crippen LogP contribution in [0.2, 0.25) is 10.0 Å². The van der Waals surface area contributed by atoms with Gasteiger partial charge in [0, 0.05) is 21.7 Å². The van der Waals surface area contributed by atoms with Crippen LogP contribution < -0.4 is 5.43 Å². The monoisotopic (exact) mass is 462 g/mol. The summed E-state index contributed by atoms with van der Waals surface area (Å²) in [5.41, 5.74) is 5.54. The largest absolute Gasteiger partial charge is 0.506 e. The van der Waals surface area contributed by atoms with Crippen LogP contribution in [-0.2, 0) is 0 Å². The van der Waals surface area contributed by atoms with Crippen molar-refractivity contribution in [1.29, 1.82) is 0 Å². The van der Waals surface area contributed by atoms with Crippen LogP contribution in [0.5, 0.6) is 5.75 Å². The summed E-state index contributed by atoms with van der Waals surface area (Å²) in [6, 6.07) is 23.7. The Hall–Kier alpha value is -3.74. The molecule has 3 aromatic carbocycles. The van der Waals surface area contributed by atoms with Crippen LogP contribution in [0.1, 0.15) is 16.2 Å². The van der Waals surface area contributed by atoms with E-state index >= 15 is 0 Å². The minimum Gasteiger partial charge on any atom is -0.506 e. The molecular weight excluding hydrogens is 447 g/mol. The Morgan fingerprint density at radius 3 is 2.00 bits per heavy atom. The fraction of sp³-hybridized carbons (Fsp3) is 0. The first-order valence-corrected chi connectivity index (χ1v) is 10.3. The van der Waals surface area contributed by atoms with Crippen LogP contribution in [0.25, 0.3) is 22.5 Å². The van der Waals surface area contributed by atoms with Gasteiger partial charge in [-0.1, -0.05) is 83.9 Å². The van der Waals surface area contributed by atoms with Crippen LogP contribution >= 0.6 is 23.2 Å². The molecule has 1 aromatic heterocycles. The fourth-order valence-electron chi connectivity index (χ4n) is 2.96. The number of carbonyl (C=O) groups excluding carboxylic acids is 1. The number of halogens is 2. The number of phenols is 1. The maximum Gasteiger partial charge on any atom is 0.309 e. The third-order valence-electron chi connectivity index (χ3n) is 4.50. The van der Waals surface area contributed by atoms with Gasteiger partial charge in [-0.05, 0) is 18.2 Å². The van der Waals surface area contributed by atoms with Gasteiger partial charge in [-0.15, -0.1) is 0 Å². The average Bonchev–Trinajstić information content (AvgIpc) is 2.83. The molecule has 6 nitrogen and oxygen atoms in total. The molecule has 1 heterocycles. The lowest BCUT2D eigenvalue weighted by molar-refractivity contribution is 0.0945. The molecule has 0 fully saturated rings. The highest BCUT2D eigenvalue weighted by Crippen LogP contribution is 2.30. The van der Waals surface area contributed by atoms with Gasteiger partial charge in [0.05, 0.1) is 22.6 Å². The number of aromatic hydroxyl groups is 1. The highest BCUT2D eigenvalue weighted by atomic mass is 35.5. The number of amides is 1. The maximum atomic E-state index is 12.8. The minimum absolute atomic E-state index is 0.0456. The second-order valence-corrected chi connectivity index (χ2v) is 7.56. The van der Waals surface area contributed by atoms with Gasteiger partial charge < -0.3 is 5.11 Å². The molecule has 8 heteroatoms. The quantitative estimate of drug-likeness (QED) is 0.299. The lowest BCUT2D eigenvalue weighted by Crippen LogP contribution is -2.21. The molecule has 32 heavy (non-hydrogen) atoms. The van der Waals surface area contributed by atoms with Gasteiger partial charge >= 0.3 is 5.91 Å². The van der Waals surface area contributed by atoms with Crippen molar-refractivity contribution in [3.63, 3.8) is 0 Å². The third-order valence-corrected chi connectivity index (χ3v) is 5.00. The standard InChI is InChI=1S/C24H16Cl2N4O2/c25-18-11-17(22(31)19(26)12-18)14-27-30-24(32)23-28-20(15-7-3-1-4-8-15)13-21(29-23)16-9-5-2-6-10-16/h1-14,31H,(H,30,32)/b27-14+. The summed E-state index contributed by atoms with van der Waals surface area (Å²) >= 11 is 11.9. The molecule has 0 saturated heterocycles. The van der Waals surface area contributed by atoms with Crippen LogP contribution in [0.15, 0.2) is 84.0 Å². The maximum absolute atomic E-state index is 12.8. The van der Waals surface area contributed by atoms with Gasteiger partial charge in [0.15, 0.2) is 0 Å². The molecular formula is C24H16Cl2N4O2. The first-order chi connectivity index (χ1) is 15.5. The summed E-state index contributed by atoms with van der Waals surface area (Å²) < 4.78 is 0. The summed E-state index contributed by atoms with van der Waals surface area (Å²) in [6.07, 6.45) is 1.24. The minimum atomic E-state index is -0.608. The van der Waals surface area contributed by atoms with Gasteiger partial charge in [-0.25, -0.2) is 15.4 Å². The number of nitrogens with one attached hydrogen (secondary N) is 1. The fourth-order valence-corrected chi connectivity index (χ4v) is 3.47. The predicted octanol–water partition coefficient (Wildman–Crippen LogP) is 5.59. The molecule has 4 aromatic rings. The molecule has 2 N–H and O–H groups in total. The number of carbonyl (C=O) groups is 1. The molecule has 0 unspecified atom stereocenters. The van der Waals surface area contributed by atoms with E-state index in [2.05, 4.69) is 20.5 Å². The van der Waals surface area contributed by atoms with E-state index in [0.29, 0.717) is 16.4 Å². The predicted molar refractivity (Wildman–Crippen MR) is 126 cm³/mol. The molecule has 1 amide bonds. The zero-order valence-electron chi connectivity index (χ0n) is 16.5. The van der Waals surface area contributed by atoms with E-state index in [4.69, 9.17) is 23.2 Å². The van der Waals surface area contributed by atoms with Crippen molar-refractivity contribution >= 4 is 35.3 Å². The summed E-state index contributed by atoms with van der Waals surface area (Å²) in [6.45, 7) is 0. The van der Waals surface area contributed by atoms with Gasteiger partial charge in [0.2, 0.25) is 5.82 Å². The van der Waals surface area contributed by atoms with E-state index in [1.165, 1.54) is 18.3 Å². The summed E-state index contributed by atoms with van der Waals surface area (Å²) in [5, 5.41) is 14.3. The number of nitrogens with zero attached hydrogens (tertiary/aromatic N) is 3. The number of hydrogen-bond donors (Lipinski definition) is 2. The smallest absolute Gasteiger partial charge is 0.309 e. The van der Waals surface area contributed by atoms with Crippen molar-refractivity contribution in [3.05, 3.63) is 100 Å². The van der Waals surface area contributed by atoms with E-state index in [-0.39, 0.29) is 22.2 Å². The first-order valence-electron chi connectivity index (χ1n) is 9.52. The molecule has 0 saturated carbocycles. The normalized spacial score (nSPS) is 10.9. The SMILES string of the molecule is O=C(N/N=C/c1cc(Cl)cc(Cl)c1O)c1nc(-c2ccccc2)cc(-c2ccccc2)n1. The Bertz CT molecular complexity index is 1240. The van der Waals surface area contributed by atoms with E-state index in [0.717, 1.165) is 11.1 Å². The number of benzene rings is 3. The van der Waals surface area contributed by atoms with Crippen molar-refractivity contribution in [1.82, 2.24) is 15.4 Å².